The first-order valence-corrected chi connectivity index (χ1v) is 8.07. The van der Waals surface area contributed by atoms with Crippen LogP contribution in [0.4, 0.5) is 4.39 Å². The molecule has 1 aromatic carbocycles. The first-order chi connectivity index (χ1) is 11.9. The highest BCUT2D eigenvalue weighted by Crippen LogP contribution is 2.13. The van der Waals surface area contributed by atoms with E-state index in [0.717, 1.165) is 0 Å². The molecule has 0 spiro atoms. The molecule has 25 heavy (non-hydrogen) atoms. The van der Waals surface area contributed by atoms with Gasteiger partial charge in [-0.05, 0) is 38.1 Å². The van der Waals surface area contributed by atoms with Gasteiger partial charge in [-0.2, -0.15) is 10.4 Å². The van der Waals surface area contributed by atoms with Crippen molar-refractivity contribution in [2.24, 2.45) is 0 Å². The van der Waals surface area contributed by atoms with Gasteiger partial charge in [0.2, 0.25) is 5.91 Å². The van der Waals surface area contributed by atoms with Crippen LogP contribution in [0.1, 0.15) is 31.0 Å². The van der Waals surface area contributed by atoms with Gasteiger partial charge < -0.3 is 10.2 Å². The van der Waals surface area contributed by atoms with Gasteiger partial charge in [0.15, 0.2) is 0 Å². The number of nitrogens with one attached hydrogen (secondary N) is 1. The van der Waals surface area contributed by atoms with E-state index in [9.17, 15) is 9.18 Å². The van der Waals surface area contributed by atoms with Gasteiger partial charge in [-0.1, -0.05) is 0 Å². The summed E-state index contributed by atoms with van der Waals surface area (Å²) in [6.45, 7) is 4.26. The summed E-state index contributed by atoms with van der Waals surface area (Å²) < 4.78 is 15.7. The normalized spacial score (nSPS) is 13.1. The van der Waals surface area contributed by atoms with Gasteiger partial charge in [0.05, 0.1) is 24.2 Å². The van der Waals surface area contributed by atoms with Gasteiger partial charge in [-0.3, -0.25) is 9.48 Å². The van der Waals surface area contributed by atoms with E-state index in [1.54, 1.807) is 13.2 Å². The molecular formula is C18H22FN5O. The van der Waals surface area contributed by atoms with Crippen molar-refractivity contribution < 1.29 is 9.18 Å². The molecule has 7 heteroatoms. The van der Waals surface area contributed by atoms with Crippen LogP contribution < -0.4 is 5.32 Å². The third-order valence-corrected chi connectivity index (χ3v) is 4.25. The minimum absolute atomic E-state index is 0.0379. The number of carbonyl (C=O) groups excluding carboxylic acids is 1. The van der Waals surface area contributed by atoms with E-state index in [4.69, 9.17) is 5.26 Å². The summed E-state index contributed by atoms with van der Waals surface area (Å²) in [5.41, 5.74) is 0.699. The van der Waals surface area contributed by atoms with Crippen LogP contribution in [-0.4, -0.2) is 40.2 Å². The number of carbonyl (C=O) groups is 1. The van der Waals surface area contributed by atoms with Crippen molar-refractivity contribution in [1.82, 2.24) is 20.0 Å². The van der Waals surface area contributed by atoms with Crippen LogP contribution in [0.5, 0.6) is 0 Å². The maximum Gasteiger partial charge on any atom is 0.236 e. The molecule has 0 saturated carbocycles. The zero-order valence-corrected chi connectivity index (χ0v) is 14.6. The van der Waals surface area contributed by atoms with Crippen molar-refractivity contribution in [3.8, 4) is 6.07 Å². The highest BCUT2D eigenvalue weighted by molar-refractivity contribution is 5.78. The Kier molecular flexibility index (Phi) is 6.25. The number of hydrogen-bond acceptors (Lipinski definition) is 4. The van der Waals surface area contributed by atoms with E-state index in [1.807, 2.05) is 36.9 Å². The first-order valence-electron chi connectivity index (χ1n) is 8.07. The van der Waals surface area contributed by atoms with Gasteiger partial charge in [-0.15, -0.1) is 0 Å². The van der Waals surface area contributed by atoms with E-state index in [2.05, 4.69) is 10.4 Å². The van der Waals surface area contributed by atoms with Crippen LogP contribution in [-0.2, 0) is 11.3 Å². The molecule has 0 fully saturated rings. The Balaban J connectivity index is 1.89. The monoisotopic (exact) mass is 343 g/mol. The molecule has 0 aliphatic rings. The summed E-state index contributed by atoms with van der Waals surface area (Å²) in [5, 5.41) is 16.3. The van der Waals surface area contributed by atoms with Gasteiger partial charge in [0.25, 0.3) is 0 Å². The maximum atomic E-state index is 13.8. The lowest BCUT2D eigenvalue weighted by Crippen LogP contribution is -2.41. The van der Waals surface area contributed by atoms with Crippen molar-refractivity contribution in [2.45, 2.75) is 32.5 Å². The van der Waals surface area contributed by atoms with E-state index in [1.165, 1.54) is 23.1 Å². The third-order valence-electron chi connectivity index (χ3n) is 4.25. The lowest BCUT2D eigenvalue weighted by molar-refractivity contribution is -0.129. The van der Waals surface area contributed by atoms with Crippen LogP contribution in [0.3, 0.4) is 0 Å². The van der Waals surface area contributed by atoms with E-state index in [-0.39, 0.29) is 31.1 Å². The molecule has 1 aromatic heterocycles. The first kappa shape index (κ1) is 18.6. The molecule has 0 bridgehead atoms. The van der Waals surface area contributed by atoms with Crippen LogP contribution in [0.15, 0.2) is 36.7 Å². The number of amides is 1. The number of hydrogen-bond donors (Lipinski definition) is 1. The lowest BCUT2D eigenvalue weighted by atomic mass is 10.1. The SMILES string of the molecule is C[C@@H](NCC(=O)N(C)Cc1cc(C#N)ccc1F)[C@H](C)n1cccn1. The molecule has 6 nitrogen and oxygen atoms in total. The fourth-order valence-electron chi connectivity index (χ4n) is 2.41. The van der Waals surface area contributed by atoms with Gasteiger partial charge in [0, 0.05) is 37.6 Å². The van der Waals surface area contributed by atoms with Crippen LogP contribution in [0, 0.1) is 17.1 Å². The standard InChI is InChI=1S/C18H22FN5O/c1-13(14(2)24-8-4-7-22-24)21-11-18(25)23(3)12-16-9-15(10-20)5-6-17(16)19/h4-9,13-14,21H,11-12H2,1-3H3/t13-,14+/m1/s1. The summed E-state index contributed by atoms with van der Waals surface area (Å²) >= 11 is 0. The van der Waals surface area contributed by atoms with Crippen LogP contribution in [0.25, 0.3) is 0 Å². The molecule has 1 heterocycles. The summed E-state index contributed by atoms with van der Waals surface area (Å²) in [7, 11) is 1.62. The van der Waals surface area contributed by atoms with Crippen molar-refractivity contribution in [3.63, 3.8) is 0 Å². The Morgan fingerprint density at radius 1 is 1.48 bits per heavy atom. The quantitative estimate of drug-likeness (QED) is 0.835. The van der Waals surface area contributed by atoms with E-state index < -0.39 is 5.82 Å². The number of nitriles is 1. The molecular weight excluding hydrogens is 321 g/mol. The summed E-state index contributed by atoms with van der Waals surface area (Å²) in [6.07, 6.45) is 3.59. The molecule has 0 aliphatic heterocycles. The number of halogens is 1. The largest absolute Gasteiger partial charge is 0.340 e. The second kappa shape index (κ2) is 8.40. The second-order valence-corrected chi connectivity index (χ2v) is 6.06. The number of benzene rings is 1. The van der Waals surface area contributed by atoms with Gasteiger partial charge >= 0.3 is 0 Å². The Bertz CT molecular complexity index is 753. The summed E-state index contributed by atoms with van der Waals surface area (Å²) in [4.78, 5) is 13.7. The van der Waals surface area contributed by atoms with E-state index in [0.29, 0.717) is 11.1 Å². The Hall–Kier alpha value is -2.72. The van der Waals surface area contributed by atoms with Crippen molar-refractivity contribution in [2.75, 3.05) is 13.6 Å². The summed E-state index contributed by atoms with van der Waals surface area (Å²) in [5.74, 6) is -0.575. The Labute approximate surface area is 146 Å². The van der Waals surface area contributed by atoms with E-state index >= 15 is 0 Å². The molecule has 0 aliphatic carbocycles. The average Bonchev–Trinajstić information content (AvgIpc) is 3.15. The zero-order chi connectivity index (χ0) is 18.4. The number of likely N-dealkylation sites (N-methyl/N-ethyl adjacent to an activating group) is 1. The second-order valence-electron chi connectivity index (χ2n) is 6.06. The number of aromatic nitrogens is 2. The molecule has 1 N–H and O–H groups in total. The fraction of sp³-hybridized carbons (Fsp3) is 0.389. The molecule has 2 rings (SSSR count). The smallest absolute Gasteiger partial charge is 0.236 e. The van der Waals surface area contributed by atoms with Crippen LogP contribution >= 0.6 is 0 Å². The fourth-order valence-corrected chi connectivity index (χ4v) is 2.41. The van der Waals surface area contributed by atoms with Gasteiger partial charge in [0.1, 0.15) is 5.82 Å². The molecule has 1 amide bonds. The molecule has 2 atom stereocenters. The highest BCUT2D eigenvalue weighted by Gasteiger charge is 2.17. The van der Waals surface area contributed by atoms with Crippen molar-refractivity contribution in [1.29, 1.82) is 5.26 Å². The lowest BCUT2D eigenvalue weighted by Gasteiger charge is -2.23. The molecule has 0 radical (unpaired) electrons. The zero-order valence-electron chi connectivity index (χ0n) is 14.6. The molecule has 132 valence electrons. The number of nitrogens with zero attached hydrogens (tertiary/aromatic N) is 4. The highest BCUT2D eigenvalue weighted by atomic mass is 19.1. The minimum atomic E-state index is -0.424. The Morgan fingerprint density at radius 3 is 2.88 bits per heavy atom. The maximum absolute atomic E-state index is 13.8. The Morgan fingerprint density at radius 2 is 2.24 bits per heavy atom. The molecule has 0 saturated heterocycles. The third kappa shape index (κ3) is 4.88. The molecule has 0 unspecified atom stereocenters. The summed E-state index contributed by atoms with van der Waals surface area (Å²) in [6, 6.07) is 8.09. The topological polar surface area (TPSA) is 74.0 Å². The number of rotatable bonds is 7. The van der Waals surface area contributed by atoms with Crippen molar-refractivity contribution >= 4 is 5.91 Å². The van der Waals surface area contributed by atoms with Crippen LogP contribution in [0.2, 0.25) is 0 Å². The average molecular weight is 343 g/mol. The minimum Gasteiger partial charge on any atom is -0.340 e. The van der Waals surface area contributed by atoms with Crippen molar-refractivity contribution in [3.05, 3.63) is 53.6 Å². The predicted molar refractivity (Wildman–Crippen MR) is 92.0 cm³/mol. The predicted octanol–water partition coefficient (Wildman–Crippen LogP) is 2.09. The van der Waals surface area contributed by atoms with Gasteiger partial charge in [-0.25, -0.2) is 4.39 Å². The molecule has 2 aromatic rings.